The van der Waals surface area contributed by atoms with Crippen LogP contribution in [0.3, 0.4) is 0 Å². The molecule has 3 N–H and O–H groups in total. The molecule has 3 aromatic carbocycles. The number of fused-ring (bicyclic) bond motifs is 1. The Morgan fingerprint density at radius 1 is 1.00 bits per heavy atom. The molecular weight excluding hydrogens is 880 g/mol. The molecular formula is C49H57ClN8O7S. The fraction of sp³-hybridized carbons (Fsp3) is 0.429. The highest BCUT2D eigenvalue weighted by Gasteiger charge is 2.33. The number of aromatic nitrogens is 2. The maximum atomic E-state index is 14.0. The van der Waals surface area contributed by atoms with E-state index in [-0.39, 0.29) is 22.4 Å². The van der Waals surface area contributed by atoms with Crippen LogP contribution >= 0.6 is 11.6 Å². The fourth-order valence-corrected chi connectivity index (χ4v) is 11.1. The number of nitro groups is 1. The summed E-state index contributed by atoms with van der Waals surface area (Å²) >= 11 is 6.25. The van der Waals surface area contributed by atoms with E-state index in [9.17, 15) is 23.3 Å². The number of sulfonamides is 1. The molecule has 2 aromatic heterocycles. The van der Waals surface area contributed by atoms with E-state index in [0.29, 0.717) is 29.9 Å². The highest BCUT2D eigenvalue weighted by Crippen LogP contribution is 2.44. The molecule has 9 rings (SSSR count). The van der Waals surface area contributed by atoms with Crippen LogP contribution in [0, 0.1) is 21.4 Å². The van der Waals surface area contributed by atoms with Crippen LogP contribution in [0.5, 0.6) is 11.5 Å². The lowest BCUT2D eigenvalue weighted by atomic mass is 9.72. The van der Waals surface area contributed by atoms with Crippen molar-refractivity contribution in [2.24, 2.45) is 11.3 Å². The Morgan fingerprint density at radius 2 is 1.79 bits per heavy atom. The third-order valence-corrected chi connectivity index (χ3v) is 15.3. The number of nitrogens with one attached hydrogen (secondary N) is 3. The minimum absolute atomic E-state index is 0.0308. The Bertz CT molecular complexity index is 2730. The summed E-state index contributed by atoms with van der Waals surface area (Å²) in [6.45, 7) is 12.5. The number of amides is 1. The van der Waals surface area contributed by atoms with Crippen molar-refractivity contribution in [1.82, 2.24) is 24.5 Å². The predicted octanol–water partition coefficient (Wildman–Crippen LogP) is 8.73. The number of aromatic amines is 1. The summed E-state index contributed by atoms with van der Waals surface area (Å²) in [5, 5.41) is 17.0. The smallest absolute Gasteiger partial charge is 0.293 e. The van der Waals surface area contributed by atoms with Crippen molar-refractivity contribution in [3.63, 3.8) is 0 Å². The molecule has 348 valence electrons. The van der Waals surface area contributed by atoms with Gasteiger partial charge in [0.25, 0.3) is 21.6 Å². The van der Waals surface area contributed by atoms with Gasteiger partial charge in [0, 0.05) is 92.8 Å². The second-order valence-corrected chi connectivity index (χ2v) is 20.9. The average Bonchev–Trinajstić information content (AvgIpc) is 3.99. The normalized spacial score (nSPS) is 20.7. The number of nitro benzene ring substituents is 1. The topological polar surface area (TPSA) is 175 Å². The third-order valence-electron chi connectivity index (χ3n) is 13.7. The lowest BCUT2D eigenvalue weighted by Gasteiger charge is -2.39. The molecule has 0 unspecified atom stereocenters. The van der Waals surface area contributed by atoms with E-state index < -0.39 is 31.4 Å². The molecule has 1 saturated carbocycles. The molecule has 1 amide bonds. The number of benzene rings is 3. The van der Waals surface area contributed by atoms with Crippen LogP contribution in [0.15, 0.2) is 95.7 Å². The fourth-order valence-electron chi connectivity index (χ4n) is 9.96. The number of hydrogen-bond donors (Lipinski definition) is 3. The van der Waals surface area contributed by atoms with Gasteiger partial charge in [-0.25, -0.2) is 18.1 Å². The monoisotopic (exact) mass is 936 g/mol. The Hall–Kier alpha value is -5.52. The Balaban J connectivity index is 0.900. The number of H-pyrrole nitrogens is 1. The Labute approximate surface area is 390 Å². The summed E-state index contributed by atoms with van der Waals surface area (Å²) in [6, 6.07) is 21.0. The van der Waals surface area contributed by atoms with Gasteiger partial charge in [0.2, 0.25) is 0 Å². The first-order chi connectivity index (χ1) is 31.8. The average molecular weight is 938 g/mol. The molecule has 3 fully saturated rings. The van der Waals surface area contributed by atoms with E-state index in [2.05, 4.69) is 60.7 Å². The number of ether oxygens (including phenoxy) is 2. The Morgan fingerprint density at radius 3 is 2.56 bits per heavy atom. The second kappa shape index (κ2) is 19.4. The van der Waals surface area contributed by atoms with Crippen LogP contribution in [-0.2, 0) is 14.8 Å². The van der Waals surface area contributed by atoms with E-state index >= 15 is 0 Å². The van der Waals surface area contributed by atoms with E-state index in [1.807, 2.05) is 18.2 Å². The molecule has 2 aliphatic carbocycles. The van der Waals surface area contributed by atoms with Crippen molar-refractivity contribution in [2.75, 3.05) is 75.8 Å². The molecule has 2 saturated heterocycles. The number of pyridine rings is 1. The van der Waals surface area contributed by atoms with E-state index in [0.717, 1.165) is 120 Å². The zero-order chi connectivity index (χ0) is 46.0. The number of carbonyl (C=O) groups is 1. The standard InChI is InChI=1S/C49H57ClN8O7S/c1-49(2)15-13-36(43(29-49)34-4-6-37(50)7-5-34)32-55-17-19-56(20-18-55)39-9-11-42(46(27-39)65-40-26-35-14-16-51-47(35)53-31-40)48(59)54-66(62,63)41-10-12-44(45(28-41)58(60)61)52-30-33-3-8-38(25-33)57-21-23-64-24-22-57/h4-7,9-12,14,16,26-28,31,33,38,52H,3,8,13,15,17-25,29-30,32H2,1-2H3,(H,51,53)(H,54,59)/t33-,38+/m0/s1. The number of rotatable bonds is 14. The third kappa shape index (κ3) is 10.5. The van der Waals surface area contributed by atoms with Crippen LogP contribution in [0.25, 0.3) is 16.6 Å². The predicted molar refractivity (Wildman–Crippen MR) is 257 cm³/mol. The highest BCUT2D eigenvalue weighted by atomic mass is 35.5. The minimum Gasteiger partial charge on any atom is -0.455 e. The maximum Gasteiger partial charge on any atom is 0.293 e. The summed E-state index contributed by atoms with van der Waals surface area (Å²) in [5.41, 5.74) is 5.61. The van der Waals surface area contributed by atoms with E-state index in [1.165, 1.54) is 35.0 Å². The summed E-state index contributed by atoms with van der Waals surface area (Å²) < 4.78 is 41.6. The van der Waals surface area contributed by atoms with Gasteiger partial charge in [0.1, 0.15) is 22.8 Å². The molecule has 5 aromatic rings. The molecule has 4 aliphatic rings. The summed E-state index contributed by atoms with van der Waals surface area (Å²) in [6.07, 6.45) is 9.52. The summed E-state index contributed by atoms with van der Waals surface area (Å²) in [5.74, 6) is -0.136. The van der Waals surface area contributed by atoms with E-state index in [4.69, 9.17) is 21.1 Å². The maximum absolute atomic E-state index is 14.0. The number of hydrogen-bond acceptors (Lipinski definition) is 12. The van der Waals surface area contributed by atoms with Crippen LogP contribution in [0.2, 0.25) is 5.02 Å². The molecule has 0 radical (unpaired) electrons. The number of piperazine rings is 1. The van der Waals surface area contributed by atoms with Gasteiger partial charge in [-0.15, -0.1) is 0 Å². The van der Waals surface area contributed by atoms with Gasteiger partial charge >= 0.3 is 0 Å². The molecule has 0 spiro atoms. The lowest BCUT2D eigenvalue weighted by Crippen LogP contribution is -2.47. The van der Waals surface area contributed by atoms with Gasteiger partial charge < -0.3 is 24.7 Å². The van der Waals surface area contributed by atoms with Crippen LogP contribution in [-0.4, -0.2) is 111 Å². The van der Waals surface area contributed by atoms with Gasteiger partial charge in [-0.2, -0.15) is 0 Å². The number of allylic oxidation sites excluding steroid dienone is 1. The number of anilines is 2. The van der Waals surface area contributed by atoms with Crippen molar-refractivity contribution in [1.29, 1.82) is 0 Å². The molecule has 0 bridgehead atoms. The lowest BCUT2D eigenvalue weighted by molar-refractivity contribution is -0.384. The van der Waals surface area contributed by atoms with Gasteiger partial charge in [0.15, 0.2) is 0 Å². The molecule has 15 nitrogen and oxygen atoms in total. The summed E-state index contributed by atoms with van der Waals surface area (Å²) in [7, 11) is -4.57. The minimum atomic E-state index is -4.57. The van der Waals surface area contributed by atoms with Gasteiger partial charge in [-0.05, 0) is 110 Å². The van der Waals surface area contributed by atoms with Crippen LogP contribution < -0.4 is 19.7 Å². The molecule has 2 atom stereocenters. The molecule has 2 aliphatic heterocycles. The second-order valence-electron chi connectivity index (χ2n) is 18.8. The first kappa shape index (κ1) is 45.6. The van der Waals surface area contributed by atoms with Gasteiger partial charge in [-0.3, -0.25) is 24.7 Å². The first-order valence-corrected chi connectivity index (χ1v) is 24.7. The van der Waals surface area contributed by atoms with Crippen molar-refractivity contribution in [3.05, 3.63) is 117 Å². The van der Waals surface area contributed by atoms with E-state index in [1.54, 1.807) is 30.5 Å². The largest absolute Gasteiger partial charge is 0.455 e. The van der Waals surface area contributed by atoms with Crippen molar-refractivity contribution in [2.45, 2.75) is 63.3 Å². The molecule has 4 heterocycles. The Kier molecular flexibility index (Phi) is 13.4. The zero-order valence-electron chi connectivity index (χ0n) is 37.4. The quantitative estimate of drug-likeness (QED) is 0.0715. The van der Waals surface area contributed by atoms with Crippen LogP contribution in [0.4, 0.5) is 17.1 Å². The number of carbonyl (C=O) groups excluding carboxylic acids is 1. The SMILES string of the molecule is CC1(C)CCC(CN2CCN(c3ccc(C(=O)NS(=O)(=O)c4ccc(NC[C@H]5CC[C@@H](N6CCOCC6)C5)c([N+](=O)[O-])c4)c(Oc4cnc5[nH]ccc5c4)c3)CC2)=C(c2ccc(Cl)cc2)C1. The molecule has 66 heavy (non-hydrogen) atoms. The zero-order valence-corrected chi connectivity index (χ0v) is 39.0. The van der Waals surface area contributed by atoms with Crippen molar-refractivity contribution in [3.8, 4) is 11.5 Å². The molecule has 17 heteroatoms. The van der Waals surface area contributed by atoms with Gasteiger partial charge in [0.05, 0.1) is 34.8 Å². The number of morpholine rings is 1. The number of halogens is 1. The van der Waals surface area contributed by atoms with Crippen LogP contribution in [0.1, 0.15) is 68.3 Å². The number of nitrogens with zero attached hydrogens (tertiary/aromatic N) is 5. The summed E-state index contributed by atoms with van der Waals surface area (Å²) in [4.78, 5) is 40.0. The first-order valence-electron chi connectivity index (χ1n) is 22.9. The van der Waals surface area contributed by atoms with Crippen molar-refractivity contribution >= 4 is 61.2 Å². The highest BCUT2D eigenvalue weighted by molar-refractivity contribution is 7.90. The van der Waals surface area contributed by atoms with Crippen molar-refractivity contribution < 1.29 is 27.6 Å². The van der Waals surface area contributed by atoms with Gasteiger partial charge in [-0.1, -0.05) is 43.2 Å².